The molecule has 0 atom stereocenters. The lowest BCUT2D eigenvalue weighted by atomic mass is 9.97. The Hall–Kier alpha value is -3.68. The van der Waals surface area contributed by atoms with E-state index in [1.165, 1.54) is 18.3 Å². The largest absolute Gasteiger partial charge is 0.492 e. The number of nitrogens with one attached hydrogen (secondary N) is 1. The van der Waals surface area contributed by atoms with Gasteiger partial charge in [-0.15, -0.1) is 0 Å². The Labute approximate surface area is 160 Å². The Kier molecular flexibility index (Phi) is 3.65. The van der Waals surface area contributed by atoms with Crippen molar-refractivity contribution in [1.82, 2.24) is 9.97 Å². The van der Waals surface area contributed by atoms with Gasteiger partial charge in [-0.05, 0) is 37.1 Å². The number of hydrogen-bond donors (Lipinski definition) is 1. The van der Waals surface area contributed by atoms with Crippen LogP contribution in [0.25, 0.3) is 0 Å². The van der Waals surface area contributed by atoms with Crippen LogP contribution in [0.4, 0.5) is 17.2 Å². The topological polar surface area (TPSA) is 99.4 Å². The predicted molar refractivity (Wildman–Crippen MR) is 101 cm³/mol. The first-order valence-electron chi connectivity index (χ1n) is 8.91. The number of anilines is 2. The first-order chi connectivity index (χ1) is 13.6. The molecule has 8 nitrogen and oxygen atoms in total. The summed E-state index contributed by atoms with van der Waals surface area (Å²) in [5.74, 6) is 2.26. The predicted octanol–water partition coefficient (Wildman–Crippen LogP) is 4.34. The van der Waals surface area contributed by atoms with E-state index in [1.807, 2.05) is 18.2 Å². The molecule has 2 aliphatic rings. The molecule has 140 valence electrons. The van der Waals surface area contributed by atoms with E-state index in [4.69, 9.17) is 9.47 Å². The zero-order valence-electron chi connectivity index (χ0n) is 14.8. The van der Waals surface area contributed by atoms with Crippen molar-refractivity contribution in [2.45, 2.75) is 18.3 Å². The Morgan fingerprint density at radius 1 is 1.14 bits per heavy atom. The van der Waals surface area contributed by atoms with Crippen molar-refractivity contribution in [2.24, 2.45) is 0 Å². The summed E-state index contributed by atoms with van der Waals surface area (Å²) in [5.41, 5.74) is 1.71. The molecule has 0 radical (unpaired) electrons. The van der Waals surface area contributed by atoms with Gasteiger partial charge in [0.05, 0.1) is 23.4 Å². The van der Waals surface area contributed by atoms with Gasteiger partial charge in [0.25, 0.3) is 0 Å². The van der Waals surface area contributed by atoms with Crippen LogP contribution in [-0.4, -0.2) is 21.5 Å². The van der Waals surface area contributed by atoms with Crippen LogP contribution in [0.2, 0.25) is 0 Å². The van der Waals surface area contributed by atoms with Gasteiger partial charge in [0.1, 0.15) is 11.5 Å². The number of hydrogen-bond acceptors (Lipinski definition) is 7. The number of rotatable bonds is 5. The molecule has 5 rings (SSSR count). The molecule has 0 unspecified atom stereocenters. The van der Waals surface area contributed by atoms with Crippen LogP contribution < -0.4 is 14.8 Å². The second-order valence-corrected chi connectivity index (χ2v) is 6.94. The lowest BCUT2D eigenvalue weighted by Crippen LogP contribution is -2.08. The number of aromatic nitrogens is 2. The number of nitrogens with zero attached hydrogens (tertiary/aromatic N) is 3. The number of nitro groups is 1. The fourth-order valence-electron chi connectivity index (χ4n) is 3.48. The summed E-state index contributed by atoms with van der Waals surface area (Å²) < 4.78 is 11.8. The monoisotopic (exact) mass is 376 g/mol. The van der Waals surface area contributed by atoms with Crippen molar-refractivity contribution in [1.29, 1.82) is 0 Å². The maximum atomic E-state index is 11.1. The van der Waals surface area contributed by atoms with Crippen LogP contribution in [0.15, 0.2) is 54.9 Å². The van der Waals surface area contributed by atoms with Crippen LogP contribution in [-0.2, 0) is 5.41 Å². The van der Waals surface area contributed by atoms with E-state index in [2.05, 4.69) is 15.3 Å². The maximum absolute atomic E-state index is 11.1. The number of ether oxygens (including phenoxy) is 2. The summed E-state index contributed by atoms with van der Waals surface area (Å²) in [6.07, 6.45) is 5.27. The van der Waals surface area contributed by atoms with Crippen LogP contribution in [0.1, 0.15) is 18.4 Å². The van der Waals surface area contributed by atoms with Crippen molar-refractivity contribution in [3.05, 3.63) is 70.5 Å². The lowest BCUT2D eigenvalue weighted by Gasteiger charge is -2.12. The van der Waals surface area contributed by atoms with Crippen molar-refractivity contribution in [2.75, 3.05) is 11.9 Å². The van der Waals surface area contributed by atoms with E-state index < -0.39 is 4.92 Å². The van der Waals surface area contributed by atoms with Gasteiger partial charge in [-0.25, -0.2) is 9.97 Å². The van der Waals surface area contributed by atoms with Gasteiger partial charge in [0.15, 0.2) is 0 Å². The SMILES string of the molecule is O=[N+]([O-])c1cccnc1Nc1ccc(Oc2cccc3c2C2(CC2)CO3)nc1. The van der Waals surface area contributed by atoms with Crippen LogP contribution >= 0.6 is 0 Å². The standard InChI is InChI=1S/C20H16N4O4/c25-24(26)14-3-2-10-21-19(14)23-13-6-7-17(22-11-13)28-16-5-1-4-15-18(16)20(8-9-20)12-27-15/h1-7,10-11H,8-9,12H2,(H,21,23). The fraction of sp³-hybridized carbons (Fsp3) is 0.200. The number of benzene rings is 1. The third-order valence-corrected chi connectivity index (χ3v) is 5.07. The molecule has 0 amide bonds. The van der Waals surface area contributed by atoms with E-state index in [9.17, 15) is 10.1 Å². The minimum atomic E-state index is -0.480. The molecule has 1 N–H and O–H groups in total. The Bertz CT molecular complexity index is 1060. The molecular weight excluding hydrogens is 360 g/mol. The third-order valence-electron chi connectivity index (χ3n) is 5.07. The van der Waals surface area contributed by atoms with Gasteiger partial charge in [0.2, 0.25) is 11.7 Å². The molecular formula is C20H16N4O4. The van der Waals surface area contributed by atoms with Crippen molar-refractivity contribution < 1.29 is 14.4 Å². The quantitative estimate of drug-likeness (QED) is 0.522. The van der Waals surface area contributed by atoms with Gasteiger partial charge in [0, 0.05) is 29.3 Å². The molecule has 0 bridgehead atoms. The highest BCUT2D eigenvalue weighted by Crippen LogP contribution is 2.58. The summed E-state index contributed by atoms with van der Waals surface area (Å²) >= 11 is 0. The second-order valence-electron chi connectivity index (χ2n) is 6.94. The second kappa shape index (κ2) is 6.19. The first-order valence-corrected chi connectivity index (χ1v) is 8.91. The average Bonchev–Trinajstić information content (AvgIpc) is 3.39. The molecule has 0 saturated heterocycles. The van der Waals surface area contributed by atoms with Crippen LogP contribution in [0, 0.1) is 10.1 Å². The van der Waals surface area contributed by atoms with E-state index >= 15 is 0 Å². The van der Waals surface area contributed by atoms with Crippen LogP contribution in [0.5, 0.6) is 17.4 Å². The molecule has 28 heavy (non-hydrogen) atoms. The van der Waals surface area contributed by atoms with E-state index in [-0.39, 0.29) is 16.9 Å². The summed E-state index contributed by atoms with van der Waals surface area (Å²) in [4.78, 5) is 19.0. The van der Waals surface area contributed by atoms with Crippen molar-refractivity contribution >= 4 is 17.2 Å². The van der Waals surface area contributed by atoms with Gasteiger partial charge in [-0.2, -0.15) is 0 Å². The normalized spacial score (nSPS) is 15.6. The molecule has 8 heteroatoms. The molecule has 1 fully saturated rings. The minimum absolute atomic E-state index is 0.0996. The molecule has 1 aromatic carbocycles. The molecule has 1 aliphatic heterocycles. The van der Waals surface area contributed by atoms with Crippen molar-refractivity contribution in [3.8, 4) is 17.4 Å². The van der Waals surface area contributed by atoms with Gasteiger partial charge < -0.3 is 14.8 Å². The average molecular weight is 376 g/mol. The Balaban J connectivity index is 1.36. The van der Waals surface area contributed by atoms with Crippen LogP contribution in [0.3, 0.4) is 0 Å². The smallest absolute Gasteiger partial charge is 0.311 e. The minimum Gasteiger partial charge on any atom is -0.492 e. The third kappa shape index (κ3) is 2.79. The maximum Gasteiger partial charge on any atom is 0.311 e. The highest BCUT2D eigenvalue weighted by atomic mass is 16.6. The summed E-state index contributed by atoms with van der Waals surface area (Å²) in [6.45, 7) is 0.710. The fourth-order valence-corrected chi connectivity index (χ4v) is 3.48. The first kappa shape index (κ1) is 16.5. The van der Waals surface area contributed by atoms with Gasteiger partial charge in [-0.1, -0.05) is 6.07 Å². The highest BCUT2D eigenvalue weighted by Gasteiger charge is 2.52. The Morgan fingerprint density at radius 3 is 2.79 bits per heavy atom. The molecule has 3 aromatic rings. The Morgan fingerprint density at radius 2 is 2.04 bits per heavy atom. The van der Waals surface area contributed by atoms with E-state index in [1.54, 1.807) is 18.3 Å². The summed E-state index contributed by atoms with van der Waals surface area (Å²) in [6, 6.07) is 12.2. The van der Waals surface area contributed by atoms with Gasteiger partial charge in [-0.3, -0.25) is 10.1 Å². The molecule has 1 spiro atoms. The molecule has 2 aromatic heterocycles. The zero-order chi connectivity index (χ0) is 19.1. The molecule has 1 saturated carbocycles. The highest BCUT2D eigenvalue weighted by molar-refractivity contribution is 5.64. The summed E-state index contributed by atoms with van der Waals surface area (Å²) in [7, 11) is 0. The number of fused-ring (bicyclic) bond motifs is 2. The summed E-state index contributed by atoms with van der Waals surface area (Å²) in [5, 5.41) is 14.0. The van der Waals surface area contributed by atoms with Crippen molar-refractivity contribution in [3.63, 3.8) is 0 Å². The number of pyridine rings is 2. The lowest BCUT2D eigenvalue weighted by molar-refractivity contribution is -0.384. The van der Waals surface area contributed by atoms with E-state index in [0.29, 0.717) is 18.2 Å². The molecule has 3 heterocycles. The van der Waals surface area contributed by atoms with E-state index in [0.717, 1.165) is 29.9 Å². The molecule has 1 aliphatic carbocycles. The zero-order valence-corrected chi connectivity index (χ0v) is 14.8. The van der Waals surface area contributed by atoms with Gasteiger partial charge >= 0.3 is 5.69 Å².